The van der Waals surface area contributed by atoms with E-state index in [0.717, 1.165) is 24.3 Å². The largest absolute Gasteiger partial charge is 0.502 e. The van der Waals surface area contributed by atoms with Crippen molar-refractivity contribution in [3.8, 4) is 23.0 Å². The molecule has 2 N–H and O–H groups in total. The van der Waals surface area contributed by atoms with Crippen molar-refractivity contribution in [2.24, 2.45) is 0 Å². The number of piperidine rings is 2. The summed E-state index contributed by atoms with van der Waals surface area (Å²) in [5, 5.41) is 41.8. The molecule has 4 heterocycles. The molecule has 4 saturated heterocycles. The number of nitro benzene ring substituents is 2. The molecular weight excluding hydrogens is 440 g/mol. The Balaban J connectivity index is 1.46. The van der Waals surface area contributed by atoms with Gasteiger partial charge >= 0.3 is 11.4 Å². The van der Waals surface area contributed by atoms with Crippen LogP contribution in [0.2, 0.25) is 0 Å². The van der Waals surface area contributed by atoms with Crippen LogP contribution in [0.25, 0.3) is 0 Å². The average molecular weight is 458 g/mol. The van der Waals surface area contributed by atoms with Crippen LogP contribution in [-0.4, -0.2) is 79.7 Å². The molecule has 0 amide bonds. The molecule has 0 radical (unpaired) electrons. The quantitative estimate of drug-likeness (QED) is 0.468. The molecule has 0 aromatic heterocycles. The van der Waals surface area contributed by atoms with E-state index in [9.17, 15) is 35.2 Å². The number of nitro groups is 2. The molecule has 2 aromatic rings. The fourth-order valence-electron chi connectivity index (χ4n) is 4.96. The van der Waals surface area contributed by atoms with Gasteiger partial charge in [0.1, 0.15) is 11.5 Å². The van der Waals surface area contributed by atoms with Gasteiger partial charge in [-0.05, 0) is 12.1 Å². The number of carbonyl (C=O) groups is 1. The normalized spacial score (nSPS) is 29.6. The number of nitrogens with zero attached hydrogens (tertiary/aromatic N) is 4. The van der Waals surface area contributed by atoms with Crippen molar-refractivity contribution < 1.29 is 34.3 Å². The minimum atomic E-state index is -1.35. The van der Waals surface area contributed by atoms with E-state index in [4.69, 9.17) is 9.47 Å². The van der Waals surface area contributed by atoms with Crippen LogP contribution in [0.3, 0.4) is 0 Å². The fourth-order valence-corrected chi connectivity index (χ4v) is 4.96. The van der Waals surface area contributed by atoms with Gasteiger partial charge in [-0.3, -0.25) is 34.8 Å². The molecule has 0 saturated carbocycles. The molecule has 4 fully saturated rings. The Morgan fingerprint density at radius 3 is 1.52 bits per heavy atom. The van der Waals surface area contributed by atoms with Crippen LogP contribution in [-0.2, 0) is 4.79 Å². The van der Waals surface area contributed by atoms with Crippen LogP contribution < -0.4 is 9.47 Å². The average Bonchev–Trinajstić information content (AvgIpc) is 2.71. The lowest BCUT2D eigenvalue weighted by Crippen LogP contribution is -2.84. The van der Waals surface area contributed by atoms with E-state index < -0.39 is 43.9 Å². The van der Waals surface area contributed by atoms with Gasteiger partial charge in [-0.1, -0.05) is 0 Å². The number of carbonyl (C=O) groups excluding carboxylic acids is 1. The SMILES string of the molecule is O=C1[C@]2(Oc3ccc([N+](=O)[O-])c(O)c3)C[N@]3C[N@@](C[C@@]1(Oc1ccc([N+](=O)[O-])c(O)c1)C3)C2. The number of phenolic OH excluding ortho intramolecular Hbond substituents is 2. The maximum atomic E-state index is 13.7. The summed E-state index contributed by atoms with van der Waals surface area (Å²) in [5.41, 5.74) is -3.66. The second kappa shape index (κ2) is 7.02. The highest BCUT2D eigenvalue weighted by molar-refractivity contribution is 5.98. The van der Waals surface area contributed by atoms with Crippen LogP contribution in [0.15, 0.2) is 36.4 Å². The number of hydrogen-bond donors (Lipinski definition) is 2. The van der Waals surface area contributed by atoms with Crippen LogP contribution in [0.5, 0.6) is 23.0 Å². The third-order valence-corrected chi connectivity index (χ3v) is 6.06. The number of rotatable bonds is 6. The van der Waals surface area contributed by atoms with Crippen molar-refractivity contribution in [2.75, 3.05) is 32.8 Å². The summed E-state index contributed by atoms with van der Waals surface area (Å²) in [7, 11) is 0. The Kier molecular flexibility index (Phi) is 4.44. The van der Waals surface area contributed by atoms with E-state index >= 15 is 0 Å². The molecule has 2 aromatic carbocycles. The van der Waals surface area contributed by atoms with Crippen molar-refractivity contribution in [1.29, 1.82) is 0 Å². The summed E-state index contributed by atoms with van der Waals surface area (Å²) in [5.74, 6) is -1.32. The third-order valence-electron chi connectivity index (χ3n) is 6.06. The van der Waals surface area contributed by atoms with Gasteiger partial charge in [0.05, 0.1) is 16.5 Å². The minimum absolute atomic E-state index is 0.0962. The van der Waals surface area contributed by atoms with Gasteiger partial charge in [0.25, 0.3) is 0 Å². The summed E-state index contributed by atoms with van der Waals surface area (Å²) < 4.78 is 12.1. The summed E-state index contributed by atoms with van der Waals surface area (Å²) in [6.07, 6.45) is 0. The topological polar surface area (TPSA) is 169 Å². The molecule has 13 nitrogen and oxygen atoms in total. The van der Waals surface area contributed by atoms with Gasteiger partial charge in [0, 0.05) is 50.4 Å². The van der Waals surface area contributed by atoms with Gasteiger partial charge < -0.3 is 19.7 Å². The summed E-state index contributed by atoms with van der Waals surface area (Å²) in [6, 6.07) is 7.02. The van der Waals surface area contributed by atoms with Crippen LogP contribution in [0, 0.1) is 20.2 Å². The van der Waals surface area contributed by atoms with Crippen molar-refractivity contribution in [1.82, 2.24) is 9.80 Å². The Morgan fingerprint density at radius 1 is 0.788 bits per heavy atom. The zero-order chi connectivity index (χ0) is 23.5. The van der Waals surface area contributed by atoms with Crippen LogP contribution >= 0.6 is 0 Å². The molecule has 4 bridgehead atoms. The van der Waals surface area contributed by atoms with Crippen LogP contribution in [0.1, 0.15) is 0 Å². The minimum Gasteiger partial charge on any atom is -0.502 e. The van der Waals surface area contributed by atoms with Gasteiger partial charge in [0.15, 0.2) is 22.7 Å². The molecule has 0 atom stereocenters. The molecule has 0 spiro atoms. The monoisotopic (exact) mass is 458 g/mol. The van der Waals surface area contributed by atoms with Crippen molar-refractivity contribution in [3.63, 3.8) is 0 Å². The molecule has 172 valence electrons. The summed E-state index contributed by atoms with van der Waals surface area (Å²) in [4.78, 5) is 38.1. The van der Waals surface area contributed by atoms with Gasteiger partial charge in [-0.15, -0.1) is 0 Å². The van der Waals surface area contributed by atoms with Gasteiger partial charge in [-0.2, -0.15) is 0 Å². The molecule has 0 aliphatic carbocycles. The first-order chi connectivity index (χ1) is 15.6. The first kappa shape index (κ1) is 20.9. The van der Waals surface area contributed by atoms with E-state index in [1.165, 1.54) is 12.1 Å². The highest BCUT2D eigenvalue weighted by atomic mass is 16.6. The molecule has 0 unspecified atom stereocenters. The van der Waals surface area contributed by atoms with Crippen molar-refractivity contribution >= 4 is 17.2 Å². The first-order valence-electron chi connectivity index (χ1n) is 9.93. The van der Waals surface area contributed by atoms with E-state index in [1.54, 1.807) is 0 Å². The van der Waals surface area contributed by atoms with E-state index in [0.29, 0.717) is 6.67 Å². The lowest BCUT2D eigenvalue weighted by atomic mass is 9.74. The number of Topliss-reactive ketones (excluding diaryl/α,β-unsaturated/α-hetero) is 1. The number of ketones is 1. The number of aromatic hydroxyl groups is 2. The molecule has 33 heavy (non-hydrogen) atoms. The van der Waals surface area contributed by atoms with E-state index in [-0.39, 0.29) is 43.5 Å². The maximum Gasteiger partial charge on any atom is 0.310 e. The Bertz CT molecular complexity index is 1100. The van der Waals surface area contributed by atoms with Gasteiger partial charge in [-0.25, -0.2) is 0 Å². The zero-order valence-corrected chi connectivity index (χ0v) is 17.0. The maximum absolute atomic E-state index is 13.7. The summed E-state index contributed by atoms with van der Waals surface area (Å²) in [6.45, 7) is 1.63. The number of ether oxygens (including phenoxy) is 2. The highest BCUT2D eigenvalue weighted by Gasteiger charge is 2.66. The van der Waals surface area contributed by atoms with Crippen molar-refractivity contribution in [3.05, 3.63) is 56.6 Å². The van der Waals surface area contributed by atoms with Gasteiger partial charge in [0.2, 0.25) is 5.78 Å². The lowest BCUT2D eigenvalue weighted by molar-refractivity contribution is -0.386. The highest BCUT2D eigenvalue weighted by Crippen LogP contribution is 2.43. The Hall–Kier alpha value is -3.97. The van der Waals surface area contributed by atoms with E-state index in [2.05, 4.69) is 0 Å². The second-order valence-corrected chi connectivity index (χ2v) is 8.45. The number of phenols is 2. The number of benzene rings is 2. The molecule has 6 rings (SSSR count). The van der Waals surface area contributed by atoms with E-state index in [1.807, 2.05) is 9.80 Å². The first-order valence-corrected chi connectivity index (χ1v) is 9.93. The smallest absolute Gasteiger partial charge is 0.310 e. The zero-order valence-electron chi connectivity index (χ0n) is 17.0. The molecular formula is C20H18N4O9. The fraction of sp³-hybridized carbons (Fsp3) is 0.350. The number of hydrogen-bond acceptors (Lipinski definition) is 11. The van der Waals surface area contributed by atoms with Crippen molar-refractivity contribution in [2.45, 2.75) is 11.2 Å². The third kappa shape index (κ3) is 3.29. The molecule has 4 aliphatic heterocycles. The molecule has 13 heteroatoms. The predicted octanol–water partition coefficient (Wildman–Crippen LogP) is 1.02. The lowest BCUT2D eigenvalue weighted by Gasteiger charge is -2.61. The predicted molar refractivity (Wildman–Crippen MR) is 109 cm³/mol. The summed E-state index contributed by atoms with van der Waals surface area (Å²) >= 11 is 0. The Labute approximate surface area is 185 Å². The molecule has 4 aliphatic rings. The van der Waals surface area contributed by atoms with Crippen LogP contribution in [0.4, 0.5) is 11.4 Å². The Morgan fingerprint density at radius 2 is 1.18 bits per heavy atom. The standard InChI is InChI=1S/C20H18N4O9/c25-16-5-12(1-3-14(16)23(28)29)32-19-7-21-9-20(18(19)27,10-22(8-19)11-21)33-13-2-4-15(24(30)31)17(26)6-13/h1-6,25-26H,7-11H2/t19-,20-. The second-order valence-electron chi connectivity index (χ2n) is 8.45.